The average Bonchev–Trinajstić information content (AvgIpc) is 3.13. The van der Waals surface area contributed by atoms with Gasteiger partial charge in [-0.05, 0) is 47.5 Å². The predicted octanol–water partition coefficient (Wildman–Crippen LogP) is 4.06. The van der Waals surface area contributed by atoms with E-state index in [4.69, 9.17) is 0 Å². The van der Waals surface area contributed by atoms with Crippen molar-refractivity contribution in [3.05, 3.63) is 84.2 Å². The van der Waals surface area contributed by atoms with E-state index in [1.165, 1.54) is 12.2 Å². The van der Waals surface area contributed by atoms with Gasteiger partial charge in [-0.2, -0.15) is 9.98 Å². The van der Waals surface area contributed by atoms with Crippen molar-refractivity contribution in [3.8, 4) is 0 Å². The number of hydrogen-bond donors (Lipinski definition) is 0. The topological polar surface area (TPSA) is 63.8 Å². The molecule has 116 valence electrons. The molecule has 0 unspecified atom stereocenters. The molecule has 24 heavy (non-hydrogen) atoms. The number of aliphatic imine (C=N–C) groups is 2. The van der Waals surface area contributed by atoms with Crippen LogP contribution in [0.5, 0.6) is 0 Å². The predicted molar refractivity (Wildman–Crippen MR) is 90.1 cm³/mol. The minimum Gasteiger partial charge on any atom is -0.343 e. The Kier molecular flexibility index (Phi) is 4.59. The van der Waals surface area contributed by atoms with E-state index in [9.17, 15) is 9.59 Å². The Balaban J connectivity index is 2.03. The zero-order valence-electron chi connectivity index (χ0n) is 12.7. The first-order valence-electron chi connectivity index (χ1n) is 7.30. The second kappa shape index (κ2) is 7.16. The van der Waals surface area contributed by atoms with Crippen molar-refractivity contribution in [2.24, 2.45) is 9.98 Å². The molecule has 0 bridgehead atoms. The van der Waals surface area contributed by atoms with E-state index in [0.29, 0.717) is 11.4 Å². The third-order valence-corrected chi connectivity index (χ3v) is 3.69. The number of nitrogens with zero attached hydrogens (tertiary/aromatic N) is 3. The van der Waals surface area contributed by atoms with E-state index in [-0.39, 0.29) is 6.04 Å². The van der Waals surface area contributed by atoms with E-state index in [0.717, 1.165) is 11.1 Å². The Morgan fingerprint density at radius 2 is 1.12 bits per heavy atom. The molecule has 1 heterocycles. The highest BCUT2D eigenvalue weighted by Gasteiger charge is 2.15. The highest BCUT2D eigenvalue weighted by molar-refractivity contribution is 5.52. The van der Waals surface area contributed by atoms with Crippen molar-refractivity contribution in [2.45, 2.75) is 6.04 Å². The van der Waals surface area contributed by atoms with Gasteiger partial charge in [-0.25, -0.2) is 9.59 Å². The van der Waals surface area contributed by atoms with E-state index in [1.54, 1.807) is 24.3 Å². The van der Waals surface area contributed by atoms with Crippen LogP contribution in [0.1, 0.15) is 17.2 Å². The quantitative estimate of drug-likeness (QED) is 0.526. The van der Waals surface area contributed by atoms with Crippen molar-refractivity contribution in [1.82, 2.24) is 4.57 Å². The number of aromatic nitrogens is 1. The molecule has 1 aromatic heterocycles. The number of benzene rings is 2. The van der Waals surface area contributed by atoms with Gasteiger partial charge in [0.1, 0.15) is 0 Å². The first-order chi connectivity index (χ1) is 11.8. The van der Waals surface area contributed by atoms with Crippen molar-refractivity contribution in [2.75, 3.05) is 0 Å². The molecular weight excluding hydrogens is 302 g/mol. The Morgan fingerprint density at radius 3 is 1.50 bits per heavy atom. The van der Waals surface area contributed by atoms with Crippen LogP contribution in [0.4, 0.5) is 11.4 Å². The van der Waals surface area contributed by atoms with Crippen molar-refractivity contribution >= 4 is 23.5 Å². The van der Waals surface area contributed by atoms with Crippen LogP contribution in [0.2, 0.25) is 0 Å². The molecule has 0 N–H and O–H groups in total. The first-order valence-corrected chi connectivity index (χ1v) is 7.30. The molecule has 0 saturated heterocycles. The standard InChI is InChI=1S/C19H13N3O2/c23-13-20-17-7-3-15(4-8-17)19(22-11-1-2-12-22)16-5-9-18(10-6-16)21-14-24/h1-12,19H. The lowest BCUT2D eigenvalue weighted by Crippen LogP contribution is -2.10. The van der Waals surface area contributed by atoms with Crippen LogP contribution in [0.25, 0.3) is 0 Å². The van der Waals surface area contributed by atoms with Crippen molar-refractivity contribution in [1.29, 1.82) is 0 Å². The summed E-state index contributed by atoms with van der Waals surface area (Å²) in [6.07, 6.45) is 7.05. The molecule has 0 fully saturated rings. The summed E-state index contributed by atoms with van der Waals surface area (Å²) in [7, 11) is 0. The van der Waals surface area contributed by atoms with Gasteiger partial charge in [0.15, 0.2) is 0 Å². The molecule has 0 aliphatic carbocycles. The Labute approximate surface area is 138 Å². The second-order valence-corrected chi connectivity index (χ2v) is 5.12. The second-order valence-electron chi connectivity index (χ2n) is 5.12. The molecule has 5 heteroatoms. The first kappa shape index (κ1) is 15.4. The lowest BCUT2D eigenvalue weighted by atomic mass is 9.98. The summed E-state index contributed by atoms with van der Waals surface area (Å²) in [6.45, 7) is 0. The van der Waals surface area contributed by atoms with Crippen LogP contribution in [0, 0.1) is 0 Å². The molecule has 3 rings (SSSR count). The van der Waals surface area contributed by atoms with Gasteiger partial charge in [0, 0.05) is 12.4 Å². The van der Waals surface area contributed by atoms with E-state index in [2.05, 4.69) is 14.6 Å². The Bertz CT molecular complexity index is 839. The van der Waals surface area contributed by atoms with Gasteiger partial charge in [-0.1, -0.05) is 24.3 Å². The number of rotatable bonds is 5. The minimum absolute atomic E-state index is 0.0384. The van der Waals surface area contributed by atoms with Gasteiger partial charge >= 0.3 is 0 Å². The van der Waals surface area contributed by atoms with E-state index >= 15 is 0 Å². The summed E-state index contributed by atoms with van der Waals surface area (Å²) in [5.41, 5.74) is 3.22. The maximum absolute atomic E-state index is 10.4. The third-order valence-electron chi connectivity index (χ3n) is 3.69. The minimum atomic E-state index is -0.0384. The van der Waals surface area contributed by atoms with E-state index < -0.39 is 0 Å². The zero-order chi connectivity index (χ0) is 16.8. The van der Waals surface area contributed by atoms with Gasteiger partial charge in [-0.15, -0.1) is 0 Å². The van der Waals surface area contributed by atoms with Crippen LogP contribution < -0.4 is 0 Å². The highest BCUT2D eigenvalue weighted by Crippen LogP contribution is 2.29. The SMILES string of the molecule is O=C=Nc1ccc(C(c2ccc(N=C=O)cc2)n2cccc2)cc1. The molecule has 0 spiro atoms. The summed E-state index contributed by atoms with van der Waals surface area (Å²) in [6, 6.07) is 18.7. The molecule has 0 aliphatic rings. The summed E-state index contributed by atoms with van der Waals surface area (Å²) in [5, 5.41) is 0. The van der Waals surface area contributed by atoms with E-state index in [1.807, 2.05) is 48.8 Å². The summed E-state index contributed by atoms with van der Waals surface area (Å²) in [5.74, 6) is 0. The van der Waals surface area contributed by atoms with Gasteiger partial charge in [-0.3, -0.25) is 0 Å². The normalized spacial score (nSPS) is 11.2. The van der Waals surface area contributed by atoms with Crippen molar-refractivity contribution < 1.29 is 9.59 Å². The number of carbonyl (C=O) groups excluding carboxylic acids is 2. The Hall–Kier alpha value is -3.52. The highest BCUT2D eigenvalue weighted by atomic mass is 16.1. The average molecular weight is 315 g/mol. The van der Waals surface area contributed by atoms with Crippen LogP contribution in [0.3, 0.4) is 0 Å². The van der Waals surface area contributed by atoms with Crippen LogP contribution in [-0.2, 0) is 9.59 Å². The molecular formula is C19H13N3O2. The molecule has 3 aromatic rings. The third kappa shape index (κ3) is 3.28. The largest absolute Gasteiger partial charge is 0.343 e. The molecule has 0 atom stereocenters. The van der Waals surface area contributed by atoms with Gasteiger partial charge in [0.05, 0.1) is 17.4 Å². The fourth-order valence-corrected chi connectivity index (χ4v) is 2.62. The van der Waals surface area contributed by atoms with Gasteiger partial charge < -0.3 is 4.57 Å². The van der Waals surface area contributed by atoms with Crippen LogP contribution >= 0.6 is 0 Å². The Morgan fingerprint density at radius 1 is 0.708 bits per heavy atom. The number of isocyanates is 2. The lowest BCUT2D eigenvalue weighted by Gasteiger charge is -2.20. The molecule has 0 radical (unpaired) electrons. The van der Waals surface area contributed by atoms with Gasteiger partial charge in [0.25, 0.3) is 0 Å². The smallest absolute Gasteiger partial charge is 0.240 e. The molecule has 0 saturated carbocycles. The van der Waals surface area contributed by atoms with Gasteiger partial charge in [0.2, 0.25) is 12.2 Å². The fraction of sp³-hybridized carbons (Fsp3) is 0.0526. The molecule has 0 aliphatic heterocycles. The fourth-order valence-electron chi connectivity index (χ4n) is 2.62. The maximum Gasteiger partial charge on any atom is 0.240 e. The zero-order valence-corrected chi connectivity index (χ0v) is 12.7. The van der Waals surface area contributed by atoms with Crippen LogP contribution in [-0.4, -0.2) is 16.7 Å². The molecule has 2 aromatic carbocycles. The maximum atomic E-state index is 10.4. The summed E-state index contributed by atoms with van der Waals surface area (Å²) < 4.78 is 2.08. The summed E-state index contributed by atoms with van der Waals surface area (Å²) in [4.78, 5) is 27.9. The van der Waals surface area contributed by atoms with Crippen molar-refractivity contribution in [3.63, 3.8) is 0 Å². The summed E-state index contributed by atoms with van der Waals surface area (Å²) >= 11 is 0. The lowest BCUT2D eigenvalue weighted by molar-refractivity contribution is 0.564. The molecule has 5 nitrogen and oxygen atoms in total. The monoisotopic (exact) mass is 315 g/mol. The molecule has 0 amide bonds. The van der Waals surface area contributed by atoms with Crippen LogP contribution in [0.15, 0.2) is 83.0 Å². The number of hydrogen-bond acceptors (Lipinski definition) is 4.